The van der Waals surface area contributed by atoms with Crippen LogP contribution in [0.5, 0.6) is 0 Å². The van der Waals surface area contributed by atoms with Crippen molar-refractivity contribution in [2.75, 3.05) is 14.1 Å². The van der Waals surface area contributed by atoms with Gasteiger partial charge in [0.2, 0.25) is 0 Å². The SMILES string of the molecule is CN(C)C1C[C@@]23CC[C@@]4(O2)C(=CC2(C)c5cncc6cccc(c56)C5=CCC4[C@@]52C)C=C3[C@@H](O)[C@@H]1O. The second kappa shape index (κ2) is 6.39. The summed E-state index contributed by atoms with van der Waals surface area (Å²) in [7, 11) is 3.97. The van der Waals surface area contributed by atoms with E-state index in [1.54, 1.807) is 0 Å². The molecule has 3 unspecified atom stereocenters. The Labute approximate surface area is 212 Å². The summed E-state index contributed by atoms with van der Waals surface area (Å²) in [5.41, 5.74) is 4.90. The standard InChI is InChI=1S/C31H34N2O3/c1-28-13-18-12-21-26(34)27(35)23(33(3)4)14-30(21)10-11-31(18,36-30)24-9-8-20(29(24,28)2)19-7-5-6-17-15-32-16-22(28)25(17)19/h5-8,12-13,15-16,23-24,26-27,34-35H,9-11,14H2,1-4H3/t23?,24?,26-,27-,28?,29-,30-,31-/m1/s1. The largest absolute Gasteiger partial charge is 0.388 e. The van der Waals surface area contributed by atoms with Gasteiger partial charge in [0.25, 0.3) is 0 Å². The topological polar surface area (TPSA) is 65.8 Å². The number of aromatic nitrogens is 1. The summed E-state index contributed by atoms with van der Waals surface area (Å²) in [5, 5.41) is 24.9. The van der Waals surface area contributed by atoms with E-state index in [-0.39, 0.29) is 22.5 Å². The van der Waals surface area contributed by atoms with Crippen LogP contribution in [0.1, 0.15) is 50.7 Å². The molecule has 5 heteroatoms. The predicted molar refractivity (Wildman–Crippen MR) is 139 cm³/mol. The molecule has 2 N–H and O–H groups in total. The molecule has 5 nitrogen and oxygen atoms in total. The molecule has 2 aromatic rings. The van der Waals surface area contributed by atoms with E-state index in [0.717, 1.165) is 24.8 Å². The Kier molecular flexibility index (Phi) is 3.86. The molecule has 186 valence electrons. The van der Waals surface area contributed by atoms with Crippen molar-refractivity contribution in [1.29, 1.82) is 0 Å². The first kappa shape index (κ1) is 21.7. The maximum atomic E-state index is 11.4. The molecule has 1 saturated carbocycles. The van der Waals surface area contributed by atoms with E-state index in [2.05, 4.69) is 61.5 Å². The number of likely N-dealkylation sites (N-methyl/N-ethyl adjacent to an activating group) is 1. The minimum Gasteiger partial charge on any atom is -0.388 e. The van der Waals surface area contributed by atoms with Crippen LogP contribution in [-0.2, 0) is 10.2 Å². The van der Waals surface area contributed by atoms with Crippen LogP contribution in [0.3, 0.4) is 0 Å². The van der Waals surface area contributed by atoms with Gasteiger partial charge in [-0.05, 0) is 73.0 Å². The Bertz CT molecular complexity index is 1450. The third-order valence-corrected chi connectivity index (χ3v) is 11.4. The summed E-state index contributed by atoms with van der Waals surface area (Å²) in [6, 6.07) is 6.49. The molecule has 3 heterocycles. The second-order valence-electron chi connectivity index (χ2n) is 12.8. The van der Waals surface area contributed by atoms with Crippen molar-refractivity contribution in [3.05, 3.63) is 71.1 Å². The van der Waals surface area contributed by atoms with Gasteiger partial charge in [-0.2, -0.15) is 0 Å². The molecule has 0 amide bonds. The number of fused-ring (bicyclic) bond motifs is 2. The molecular formula is C31H34N2O3. The number of pyridine rings is 1. The van der Waals surface area contributed by atoms with Gasteiger partial charge in [-0.3, -0.25) is 4.98 Å². The number of nitrogens with zero attached hydrogens (tertiary/aromatic N) is 2. The lowest BCUT2D eigenvalue weighted by Gasteiger charge is -2.62. The lowest BCUT2D eigenvalue weighted by molar-refractivity contribution is -0.166. The zero-order chi connectivity index (χ0) is 24.8. The van der Waals surface area contributed by atoms with E-state index in [9.17, 15) is 10.2 Å². The molecular weight excluding hydrogens is 448 g/mol. The number of hydrogen-bond donors (Lipinski definition) is 2. The third-order valence-electron chi connectivity index (χ3n) is 11.4. The summed E-state index contributed by atoms with van der Waals surface area (Å²) in [5.74, 6) is 0.299. The van der Waals surface area contributed by atoms with Crippen LogP contribution in [0, 0.1) is 11.3 Å². The fourth-order valence-corrected chi connectivity index (χ4v) is 9.46. The van der Waals surface area contributed by atoms with Crippen LogP contribution < -0.4 is 0 Å². The first-order chi connectivity index (χ1) is 17.2. The first-order valence-electron chi connectivity index (χ1n) is 13.4. The van der Waals surface area contributed by atoms with Crippen molar-refractivity contribution in [2.24, 2.45) is 11.3 Å². The monoisotopic (exact) mass is 482 g/mol. The summed E-state index contributed by atoms with van der Waals surface area (Å²) in [6.07, 6.45) is 13.0. The Morgan fingerprint density at radius 3 is 2.75 bits per heavy atom. The van der Waals surface area contributed by atoms with E-state index >= 15 is 0 Å². The van der Waals surface area contributed by atoms with Crippen molar-refractivity contribution >= 4 is 16.3 Å². The quantitative estimate of drug-likeness (QED) is 0.640. The lowest BCUT2D eigenvalue weighted by Crippen LogP contribution is -2.64. The Hall–Kier alpha value is -2.31. The van der Waals surface area contributed by atoms with Crippen molar-refractivity contribution in [3.8, 4) is 0 Å². The number of ether oxygens (including phenoxy) is 1. The van der Waals surface area contributed by atoms with Crippen LogP contribution in [0.4, 0.5) is 0 Å². The zero-order valence-corrected chi connectivity index (χ0v) is 21.5. The highest BCUT2D eigenvalue weighted by molar-refractivity contribution is 6.01. The normalized spacial score (nSPS) is 45.6. The maximum Gasteiger partial charge on any atom is 0.105 e. The maximum absolute atomic E-state index is 11.4. The Morgan fingerprint density at radius 1 is 1.11 bits per heavy atom. The van der Waals surface area contributed by atoms with Gasteiger partial charge >= 0.3 is 0 Å². The van der Waals surface area contributed by atoms with Crippen molar-refractivity contribution in [3.63, 3.8) is 0 Å². The van der Waals surface area contributed by atoms with E-state index < -0.39 is 17.8 Å². The van der Waals surface area contributed by atoms with E-state index in [0.29, 0.717) is 12.3 Å². The van der Waals surface area contributed by atoms with E-state index in [1.165, 1.54) is 33.0 Å². The number of rotatable bonds is 1. The van der Waals surface area contributed by atoms with E-state index in [4.69, 9.17) is 4.74 Å². The van der Waals surface area contributed by atoms with Gasteiger partial charge in [-0.15, -0.1) is 0 Å². The molecule has 2 aliphatic heterocycles. The van der Waals surface area contributed by atoms with Crippen LogP contribution in [0.25, 0.3) is 16.3 Å². The molecule has 36 heavy (non-hydrogen) atoms. The predicted octanol–water partition coefficient (Wildman–Crippen LogP) is 4.14. The molecule has 1 aromatic heterocycles. The first-order valence-corrected chi connectivity index (χ1v) is 13.4. The molecule has 8 atom stereocenters. The van der Waals surface area contributed by atoms with Crippen LogP contribution in [0.2, 0.25) is 0 Å². The number of allylic oxidation sites excluding steroid dienone is 3. The smallest absolute Gasteiger partial charge is 0.105 e. The minimum atomic E-state index is -0.918. The highest BCUT2D eigenvalue weighted by Gasteiger charge is 2.72. The molecule has 2 bridgehead atoms. The Morgan fingerprint density at radius 2 is 1.94 bits per heavy atom. The number of benzene rings is 1. The molecule has 1 saturated heterocycles. The zero-order valence-electron chi connectivity index (χ0n) is 21.5. The summed E-state index contributed by atoms with van der Waals surface area (Å²) >= 11 is 0. The van der Waals surface area contributed by atoms with Crippen LogP contribution in [0.15, 0.2) is 60.0 Å². The average molecular weight is 483 g/mol. The highest BCUT2D eigenvalue weighted by atomic mass is 16.5. The molecule has 8 rings (SSSR count). The molecule has 0 radical (unpaired) electrons. The van der Waals surface area contributed by atoms with Gasteiger partial charge in [0.05, 0.1) is 17.3 Å². The third kappa shape index (κ3) is 2.12. The Balaban J connectivity index is 1.40. The molecule has 6 aliphatic rings. The van der Waals surface area contributed by atoms with Gasteiger partial charge in [-0.1, -0.05) is 50.3 Å². The number of aliphatic hydroxyl groups excluding tert-OH is 2. The summed E-state index contributed by atoms with van der Waals surface area (Å²) < 4.78 is 7.35. The lowest BCUT2D eigenvalue weighted by atomic mass is 9.44. The summed E-state index contributed by atoms with van der Waals surface area (Å²) in [4.78, 5) is 6.73. The minimum absolute atomic E-state index is 0.120. The molecule has 2 spiro atoms. The molecule has 2 fully saturated rings. The van der Waals surface area contributed by atoms with Crippen molar-refractivity contribution < 1.29 is 14.9 Å². The van der Waals surface area contributed by atoms with Gasteiger partial charge in [-0.25, -0.2) is 0 Å². The van der Waals surface area contributed by atoms with Crippen molar-refractivity contribution in [1.82, 2.24) is 9.88 Å². The van der Waals surface area contributed by atoms with Crippen LogP contribution in [-0.4, -0.2) is 63.6 Å². The van der Waals surface area contributed by atoms with Crippen molar-refractivity contribution in [2.45, 2.75) is 74.4 Å². The van der Waals surface area contributed by atoms with E-state index in [1.807, 2.05) is 25.2 Å². The molecule has 1 aromatic carbocycles. The average Bonchev–Trinajstić information content (AvgIpc) is 3.38. The number of aliphatic hydroxyl groups is 2. The van der Waals surface area contributed by atoms with Gasteiger partial charge in [0, 0.05) is 40.6 Å². The van der Waals surface area contributed by atoms with Gasteiger partial charge in [0.15, 0.2) is 0 Å². The van der Waals surface area contributed by atoms with Crippen LogP contribution >= 0.6 is 0 Å². The number of hydrogen-bond acceptors (Lipinski definition) is 5. The fraction of sp³-hybridized carbons (Fsp3) is 0.516. The molecule has 4 aliphatic carbocycles. The van der Waals surface area contributed by atoms with Gasteiger partial charge in [0.1, 0.15) is 6.10 Å². The summed E-state index contributed by atoms with van der Waals surface area (Å²) in [6.45, 7) is 4.85. The second-order valence-corrected chi connectivity index (χ2v) is 12.8. The van der Waals surface area contributed by atoms with Gasteiger partial charge < -0.3 is 19.8 Å². The highest BCUT2D eigenvalue weighted by Crippen LogP contribution is 2.74. The fourth-order valence-electron chi connectivity index (χ4n) is 9.46.